The van der Waals surface area contributed by atoms with Gasteiger partial charge in [-0.1, -0.05) is 35.0 Å². The van der Waals surface area contributed by atoms with Crippen molar-refractivity contribution in [2.75, 3.05) is 18.1 Å². The molecule has 2 amide bonds. The van der Waals surface area contributed by atoms with Crippen molar-refractivity contribution in [3.63, 3.8) is 0 Å². The van der Waals surface area contributed by atoms with Gasteiger partial charge < -0.3 is 15.4 Å². The number of hydrogen-bond acceptors (Lipinski definition) is 4. The standard InChI is InChI=1S/C16H19BrN2O3S/c1-3-23-9-8-22-15(20)13-10(2)18-16(21)19-14(13)11-4-6-12(17)7-5-11/h4-7,14H,3,8-9H2,1-2H3,(H2,18,19,21)/t14-/m0/s1. The minimum atomic E-state index is -0.511. The highest BCUT2D eigenvalue weighted by Crippen LogP contribution is 2.28. The van der Waals surface area contributed by atoms with E-state index in [1.54, 1.807) is 18.7 Å². The van der Waals surface area contributed by atoms with Crippen molar-refractivity contribution < 1.29 is 14.3 Å². The van der Waals surface area contributed by atoms with E-state index in [1.807, 2.05) is 24.3 Å². The first-order valence-electron chi connectivity index (χ1n) is 7.31. The molecule has 1 atom stereocenters. The second-order valence-corrected chi connectivity index (χ2v) is 7.26. The Labute approximate surface area is 148 Å². The molecule has 0 fully saturated rings. The maximum atomic E-state index is 12.4. The zero-order valence-corrected chi connectivity index (χ0v) is 15.4. The average molecular weight is 399 g/mol. The zero-order chi connectivity index (χ0) is 16.8. The molecule has 0 saturated carbocycles. The van der Waals surface area contributed by atoms with Gasteiger partial charge in [0.2, 0.25) is 0 Å². The van der Waals surface area contributed by atoms with Crippen LogP contribution < -0.4 is 10.6 Å². The molecule has 0 radical (unpaired) electrons. The molecule has 0 spiro atoms. The van der Waals surface area contributed by atoms with E-state index < -0.39 is 12.0 Å². The van der Waals surface area contributed by atoms with Gasteiger partial charge >= 0.3 is 12.0 Å². The van der Waals surface area contributed by atoms with Crippen LogP contribution in [0.25, 0.3) is 0 Å². The van der Waals surface area contributed by atoms with Crippen molar-refractivity contribution in [2.45, 2.75) is 19.9 Å². The smallest absolute Gasteiger partial charge is 0.338 e. The topological polar surface area (TPSA) is 67.4 Å². The molecule has 1 heterocycles. The monoisotopic (exact) mass is 398 g/mol. The number of ether oxygens (including phenoxy) is 1. The number of hydrogen-bond donors (Lipinski definition) is 2. The summed E-state index contributed by atoms with van der Waals surface area (Å²) in [4.78, 5) is 24.2. The Kier molecular flexibility index (Phi) is 6.53. The van der Waals surface area contributed by atoms with Gasteiger partial charge in [0.25, 0.3) is 0 Å². The molecule has 1 aromatic rings. The van der Waals surface area contributed by atoms with Gasteiger partial charge in [0.1, 0.15) is 6.61 Å². The first-order valence-corrected chi connectivity index (χ1v) is 9.26. The number of thioether (sulfide) groups is 1. The van der Waals surface area contributed by atoms with Crippen LogP contribution in [0.5, 0.6) is 0 Å². The summed E-state index contributed by atoms with van der Waals surface area (Å²) in [6, 6.07) is 6.65. The molecule has 1 aliphatic rings. The summed E-state index contributed by atoms with van der Waals surface area (Å²) < 4.78 is 6.28. The summed E-state index contributed by atoms with van der Waals surface area (Å²) in [7, 11) is 0. The summed E-state index contributed by atoms with van der Waals surface area (Å²) in [6.07, 6.45) is 0. The minimum Gasteiger partial charge on any atom is -0.461 e. The molecule has 7 heteroatoms. The van der Waals surface area contributed by atoms with E-state index in [2.05, 4.69) is 33.5 Å². The highest BCUT2D eigenvalue weighted by molar-refractivity contribution is 9.10. The van der Waals surface area contributed by atoms with Crippen LogP contribution in [0.1, 0.15) is 25.5 Å². The molecule has 2 N–H and O–H groups in total. The van der Waals surface area contributed by atoms with Crippen LogP contribution in [0.15, 0.2) is 40.0 Å². The second kappa shape index (κ2) is 8.40. The Balaban J connectivity index is 2.20. The zero-order valence-electron chi connectivity index (χ0n) is 13.0. The van der Waals surface area contributed by atoms with E-state index in [-0.39, 0.29) is 6.03 Å². The molecule has 0 bridgehead atoms. The van der Waals surface area contributed by atoms with Crippen LogP contribution >= 0.6 is 27.7 Å². The second-order valence-electron chi connectivity index (χ2n) is 4.95. The number of benzene rings is 1. The highest BCUT2D eigenvalue weighted by Gasteiger charge is 2.32. The summed E-state index contributed by atoms with van der Waals surface area (Å²) in [6.45, 7) is 4.13. The number of allylic oxidation sites excluding steroid dienone is 1. The van der Waals surface area contributed by atoms with Crippen LogP contribution in [-0.2, 0) is 9.53 Å². The van der Waals surface area contributed by atoms with E-state index in [4.69, 9.17) is 4.74 Å². The van der Waals surface area contributed by atoms with Gasteiger partial charge in [-0.25, -0.2) is 9.59 Å². The molecule has 23 heavy (non-hydrogen) atoms. The molecular weight excluding hydrogens is 380 g/mol. The lowest BCUT2D eigenvalue weighted by atomic mass is 9.96. The maximum Gasteiger partial charge on any atom is 0.338 e. The molecule has 0 unspecified atom stereocenters. The van der Waals surface area contributed by atoms with E-state index in [0.29, 0.717) is 17.9 Å². The van der Waals surface area contributed by atoms with Gasteiger partial charge in [0.15, 0.2) is 0 Å². The predicted molar refractivity (Wildman–Crippen MR) is 95.2 cm³/mol. The SMILES string of the molecule is CCSCCOC(=O)C1=C(C)NC(=O)N[C@H]1c1ccc(Br)cc1. The minimum absolute atomic E-state index is 0.325. The molecule has 2 rings (SSSR count). The Bertz CT molecular complexity index is 616. The summed E-state index contributed by atoms with van der Waals surface area (Å²) >= 11 is 5.09. The fourth-order valence-corrected chi connectivity index (χ4v) is 3.04. The predicted octanol–water partition coefficient (Wildman–Crippen LogP) is 3.37. The summed E-state index contributed by atoms with van der Waals surface area (Å²) in [5.74, 6) is 1.34. The van der Waals surface area contributed by atoms with Crippen LogP contribution in [0.4, 0.5) is 4.79 Å². The van der Waals surface area contributed by atoms with Gasteiger partial charge in [-0.2, -0.15) is 11.8 Å². The van der Waals surface area contributed by atoms with E-state index in [1.165, 1.54) is 0 Å². The van der Waals surface area contributed by atoms with Crippen LogP contribution in [-0.4, -0.2) is 30.1 Å². The lowest BCUT2D eigenvalue weighted by Gasteiger charge is -2.28. The Morgan fingerprint density at radius 2 is 2.04 bits per heavy atom. The molecule has 1 aliphatic heterocycles. The molecule has 0 saturated heterocycles. The fourth-order valence-electron chi connectivity index (χ4n) is 2.29. The van der Waals surface area contributed by atoms with Crippen LogP contribution in [0.2, 0.25) is 0 Å². The van der Waals surface area contributed by atoms with Crippen LogP contribution in [0, 0.1) is 0 Å². The van der Waals surface area contributed by atoms with Crippen molar-refractivity contribution in [3.05, 3.63) is 45.6 Å². The normalized spacial score (nSPS) is 17.5. The Morgan fingerprint density at radius 3 is 2.70 bits per heavy atom. The number of nitrogens with one attached hydrogen (secondary N) is 2. The van der Waals surface area contributed by atoms with Gasteiger partial charge in [0, 0.05) is 15.9 Å². The molecule has 5 nitrogen and oxygen atoms in total. The van der Waals surface area contributed by atoms with Crippen molar-refractivity contribution >= 4 is 39.7 Å². The molecule has 124 valence electrons. The molecule has 1 aromatic carbocycles. The first kappa shape index (κ1) is 17.9. The summed E-state index contributed by atoms with van der Waals surface area (Å²) in [5, 5.41) is 5.42. The quantitative estimate of drug-likeness (QED) is 0.569. The average Bonchev–Trinajstić information content (AvgIpc) is 2.51. The lowest BCUT2D eigenvalue weighted by molar-refractivity contribution is -0.138. The molecular formula is C16H19BrN2O3S. The van der Waals surface area contributed by atoms with Crippen molar-refractivity contribution in [1.82, 2.24) is 10.6 Å². The van der Waals surface area contributed by atoms with Crippen LogP contribution in [0.3, 0.4) is 0 Å². The number of amides is 2. The highest BCUT2D eigenvalue weighted by atomic mass is 79.9. The number of rotatable bonds is 6. The number of esters is 1. The number of halogens is 1. The maximum absolute atomic E-state index is 12.4. The van der Waals surface area contributed by atoms with E-state index in [9.17, 15) is 9.59 Å². The fraction of sp³-hybridized carbons (Fsp3) is 0.375. The van der Waals surface area contributed by atoms with Gasteiger partial charge in [-0.15, -0.1) is 0 Å². The van der Waals surface area contributed by atoms with Gasteiger partial charge in [0.05, 0.1) is 11.6 Å². The number of carbonyl (C=O) groups excluding carboxylic acids is 2. The Morgan fingerprint density at radius 1 is 1.35 bits per heavy atom. The third-order valence-corrected chi connectivity index (χ3v) is 4.75. The van der Waals surface area contributed by atoms with Crippen molar-refractivity contribution in [1.29, 1.82) is 0 Å². The molecule has 0 aromatic heterocycles. The van der Waals surface area contributed by atoms with Crippen molar-refractivity contribution in [2.24, 2.45) is 0 Å². The first-order chi connectivity index (χ1) is 11.0. The molecule has 0 aliphatic carbocycles. The third kappa shape index (κ3) is 4.75. The van der Waals surface area contributed by atoms with E-state index >= 15 is 0 Å². The van der Waals surface area contributed by atoms with Crippen molar-refractivity contribution in [3.8, 4) is 0 Å². The number of urea groups is 1. The Hall–Kier alpha value is -1.47. The van der Waals surface area contributed by atoms with Gasteiger partial charge in [-0.05, 0) is 30.4 Å². The van der Waals surface area contributed by atoms with E-state index in [0.717, 1.165) is 21.5 Å². The third-order valence-electron chi connectivity index (χ3n) is 3.36. The largest absolute Gasteiger partial charge is 0.461 e. The number of carbonyl (C=O) groups is 2. The summed E-state index contributed by atoms with van der Waals surface area (Å²) in [5.41, 5.74) is 1.79. The lowest BCUT2D eigenvalue weighted by Crippen LogP contribution is -2.45. The van der Waals surface area contributed by atoms with Gasteiger partial charge in [-0.3, -0.25) is 0 Å².